The average molecular weight is 637 g/mol. The Morgan fingerprint density at radius 2 is 1.71 bits per heavy atom. The van der Waals surface area contributed by atoms with Gasteiger partial charge in [0.1, 0.15) is 11.5 Å². The zero-order chi connectivity index (χ0) is 31.5. The molecule has 0 radical (unpaired) electrons. The van der Waals surface area contributed by atoms with Gasteiger partial charge in [0.2, 0.25) is 5.13 Å². The maximum Gasteiger partial charge on any atom is 0.303 e. The summed E-state index contributed by atoms with van der Waals surface area (Å²) >= 11 is 7.44. The van der Waals surface area contributed by atoms with Crippen LogP contribution >= 0.6 is 22.9 Å². The first kappa shape index (κ1) is 29.4. The number of anilines is 2. The van der Waals surface area contributed by atoms with Crippen molar-refractivity contribution < 1.29 is 19.2 Å². The molecule has 6 rings (SSSR count). The van der Waals surface area contributed by atoms with Gasteiger partial charge in [-0.05, 0) is 54.6 Å². The lowest BCUT2D eigenvalue weighted by molar-refractivity contribution is -0.384. The first-order valence-electron chi connectivity index (χ1n) is 13.3. The number of carbonyl (C=O) groups excluding carboxylic acids is 2. The Bertz CT molecular complexity index is 1990. The molecule has 0 bridgehead atoms. The normalized spacial score (nSPS) is 13.6. The van der Waals surface area contributed by atoms with E-state index in [9.17, 15) is 19.7 Å². The fourth-order valence-electron chi connectivity index (χ4n) is 4.48. The molecule has 1 aromatic heterocycles. The van der Waals surface area contributed by atoms with Gasteiger partial charge in [-0.1, -0.05) is 41.9 Å². The lowest BCUT2D eigenvalue weighted by Crippen LogP contribution is -2.28. The molecule has 1 aliphatic rings. The quantitative estimate of drug-likeness (QED) is 0.106. The second-order valence-corrected chi connectivity index (χ2v) is 10.8. The third kappa shape index (κ3) is 6.05. The Kier molecular flexibility index (Phi) is 8.14. The van der Waals surface area contributed by atoms with E-state index in [0.29, 0.717) is 38.4 Å². The van der Waals surface area contributed by atoms with Crippen LogP contribution < -0.4 is 15.2 Å². The summed E-state index contributed by atoms with van der Waals surface area (Å²) in [4.78, 5) is 42.5. The maximum atomic E-state index is 13.8. The number of rotatable bonds is 9. The fourth-order valence-corrected chi connectivity index (χ4v) is 5.43. The molecule has 1 aliphatic heterocycles. The van der Waals surface area contributed by atoms with Crippen LogP contribution in [0, 0.1) is 10.1 Å². The van der Waals surface area contributed by atoms with E-state index in [2.05, 4.69) is 20.6 Å². The van der Waals surface area contributed by atoms with Crippen molar-refractivity contribution in [2.24, 2.45) is 10.2 Å². The Hall–Kier alpha value is -5.72. The topological polar surface area (TPSA) is 139 Å². The number of benzene rings is 4. The van der Waals surface area contributed by atoms with Crippen LogP contribution in [0.5, 0.6) is 5.75 Å². The first-order valence-corrected chi connectivity index (χ1v) is 14.6. The van der Waals surface area contributed by atoms with Gasteiger partial charge in [0.15, 0.2) is 11.5 Å². The van der Waals surface area contributed by atoms with Gasteiger partial charge in [0.25, 0.3) is 5.69 Å². The minimum atomic E-state index is -0.587. The molecule has 0 fully saturated rings. The number of hydrogen-bond acceptors (Lipinski definition) is 10. The number of amides is 1. The van der Waals surface area contributed by atoms with Crippen molar-refractivity contribution >= 4 is 62.6 Å². The number of halogens is 1. The van der Waals surface area contributed by atoms with Gasteiger partial charge in [0.05, 0.1) is 23.4 Å². The SMILES string of the molecule is COc1ccc(-c2csc(N3N=C(c4ccc([N+](=O)[O-])cc4)/C(=N/Nc4ccc(Cl)cc4C(=O)c4ccccc4)C3=O)n2)cc1. The van der Waals surface area contributed by atoms with Gasteiger partial charge in [-0.2, -0.15) is 15.2 Å². The van der Waals surface area contributed by atoms with Crippen LogP contribution in [0.15, 0.2) is 113 Å². The zero-order valence-electron chi connectivity index (χ0n) is 23.4. The second-order valence-electron chi connectivity index (χ2n) is 9.57. The third-order valence-electron chi connectivity index (χ3n) is 6.78. The van der Waals surface area contributed by atoms with Gasteiger partial charge >= 0.3 is 5.91 Å². The van der Waals surface area contributed by atoms with Crippen molar-refractivity contribution in [3.8, 4) is 17.0 Å². The number of ether oxygens (including phenoxy) is 1. The highest BCUT2D eigenvalue weighted by atomic mass is 35.5. The van der Waals surface area contributed by atoms with Crippen molar-refractivity contribution in [3.63, 3.8) is 0 Å². The molecule has 45 heavy (non-hydrogen) atoms. The largest absolute Gasteiger partial charge is 0.497 e. The number of thiazole rings is 1. The number of nitrogens with one attached hydrogen (secondary N) is 1. The standard InChI is InChI=1S/C32H21ClN6O5S/c1-44-24-14-9-19(10-15-24)27-18-45-32(34-27)38-31(41)29(28(37-38)20-7-12-23(13-8-20)39(42)43)36-35-26-16-11-22(33)17-25(26)30(40)21-5-3-2-4-6-21/h2-18,35H,1H3/b36-29-. The average Bonchev–Trinajstić information content (AvgIpc) is 3.69. The number of non-ortho nitro benzene ring substituents is 1. The highest BCUT2D eigenvalue weighted by Crippen LogP contribution is 2.32. The number of hydrogen-bond donors (Lipinski definition) is 1. The molecule has 0 unspecified atom stereocenters. The molecule has 11 nitrogen and oxygen atoms in total. The lowest BCUT2D eigenvalue weighted by Gasteiger charge is -2.10. The second kappa shape index (κ2) is 12.5. The first-order chi connectivity index (χ1) is 21.8. The summed E-state index contributed by atoms with van der Waals surface area (Å²) < 4.78 is 5.23. The Morgan fingerprint density at radius 3 is 2.40 bits per heavy atom. The molecule has 13 heteroatoms. The molecule has 0 saturated heterocycles. The molecular weight excluding hydrogens is 616 g/mol. The van der Waals surface area contributed by atoms with Crippen LogP contribution in [-0.2, 0) is 4.79 Å². The molecule has 0 spiro atoms. The molecule has 2 heterocycles. The number of methoxy groups -OCH3 is 1. The van der Waals surface area contributed by atoms with Gasteiger partial charge in [-0.25, -0.2) is 4.98 Å². The highest BCUT2D eigenvalue weighted by molar-refractivity contribution is 7.14. The number of nitro groups is 1. The number of ketones is 1. The molecule has 1 amide bonds. The van der Waals surface area contributed by atoms with Crippen LogP contribution in [0.2, 0.25) is 5.02 Å². The molecule has 4 aromatic carbocycles. The summed E-state index contributed by atoms with van der Waals surface area (Å²) in [7, 11) is 1.58. The minimum Gasteiger partial charge on any atom is -0.497 e. The number of nitro benzene ring substituents is 1. The zero-order valence-corrected chi connectivity index (χ0v) is 25.0. The van der Waals surface area contributed by atoms with E-state index in [1.54, 1.807) is 55.0 Å². The Morgan fingerprint density at radius 1 is 1.00 bits per heavy atom. The lowest BCUT2D eigenvalue weighted by atomic mass is 10.0. The number of carbonyl (C=O) groups is 2. The van der Waals surface area contributed by atoms with E-state index in [1.165, 1.54) is 41.7 Å². The fraction of sp³-hybridized carbons (Fsp3) is 0.0312. The van der Waals surface area contributed by atoms with E-state index in [-0.39, 0.29) is 28.5 Å². The minimum absolute atomic E-state index is 0.0851. The van der Waals surface area contributed by atoms with Crippen LogP contribution in [0.25, 0.3) is 11.3 Å². The van der Waals surface area contributed by atoms with Crippen molar-refractivity contribution in [3.05, 3.63) is 134 Å². The molecule has 5 aromatic rings. The summed E-state index contributed by atoms with van der Waals surface area (Å²) in [6, 6.07) is 26.3. The van der Waals surface area contributed by atoms with Crippen molar-refractivity contribution in [1.29, 1.82) is 0 Å². The van der Waals surface area contributed by atoms with E-state index < -0.39 is 10.8 Å². The van der Waals surface area contributed by atoms with E-state index in [0.717, 1.165) is 10.6 Å². The highest BCUT2D eigenvalue weighted by Gasteiger charge is 2.36. The molecule has 0 atom stereocenters. The monoisotopic (exact) mass is 636 g/mol. The smallest absolute Gasteiger partial charge is 0.303 e. The van der Waals surface area contributed by atoms with Crippen LogP contribution in [0.3, 0.4) is 0 Å². The summed E-state index contributed by atoms with van der Waals surface area (Å²) in [6.07, 6.45) is 0. The van der Waals surface area contributed by atoms with Crippen molar-refractivity contribution in [2.45, 2.75) is 0 Å². The predicted molar refractivity (Wildman–Crippen MR) is 174 cm³/mol. The van der Waals surface area contributed by atoms with Gasteiger partial charge in [0, 0.05) is 44.8 Å². The molecule has 0 saturated carbocycles. The Balaban J connectivity index is 1.37. The number of aromatic nitrogens is 1. The van der Waals surface area contributed by atoms with Crippen molar-refractivity contribution in [2.75, 3.05) is 17.5 Å². The summed E-state index contributed by atoms with van der Waals surface area (Å²) in [6.45, 7) is 0. The van der Waals surface area contributed by atoms with Crippen LogP contribution in [0.1, 0.15) is 21.5 Å². The van der Waals surface area contributed by atoms with Gasteiger partial charge in [-0.3, -0.25) is 25.1 Å². The van der Waals surface area contributed by atoms with Crippen LogP contribution in [-0.4, -0.2) is 40.1 Å². The van der Waals surface area contributed by atoms with Crippen molar-refractivity contribution in [1.82, 2.24) is 4.98 Å². The third-order valence-corrected chi connectivity index (χ3v) is 7.83. The van der Waals surface area contributed by atoms with E-state index in [1.807, 2.05) is 24.3 Å². The number of hydrazone groups is 2. The Labute approximate surface area is 265 Å². The predicted octanol–water partition coefficient (Wildman–Crippen LogP) is 6.83. The maximum absolute atomic E-state index is 13.8. The summed E-state index contributed by atoms with van der Waals surface area (Å²) in [5.41, 5.74) is 5.68. The molecule has 222 valence electrons. The van der Waals surface area contributed by atoms with Gasteiger partial charge < -0.3 is 4.74 Å². The van der Waals surface area contributed by atoms with Gasteiger partial charge in [-0.15, -0.1) is 11.3 Å². The van der Waals surface area contributed by atoms with Crippen LogP contribution in [0.4, 0.5) is 16.5 Å². The van der Waals surface area contributed by atoms with E-state index in [4.69, 9.17) is 16.3 Å². The number of nitrogens with zero attached hydrogens (tertiary/aromatic N) is 5. The molecule has 0 aliphatic carbocycles. The summed E-state index contributed by atoms with van der Waals surface area (Å²) in [5, 5.41) is 23.7. The molecular formula is C32H21ClN6O5S. The molecule has 1 N–H and O–H groups in total. The van der Waals surface area contributed by atoms with E-state index >= 15 is 0 Å². The summed E-state index contributed by atoms with van der Waals surface area (Å²) in [5.74, 6) is -0.182.